The van der Waals surface area contributed by atoms with E-state index in [1.807, 2.05) is 34.4 Å². The van der Waals surface area contributed by atoms with Gasteiger partial charge in [-0.1, -0.05) is 6.07 Å². The fraction of sp³-hybridized carbons (Fsp3) is 0.529. The molecule has 2 aromatic rings. The molecule has 1 amide bonds. The van der Waals surface area contributed by atoms with Crippen molar-refractivity contribution in [3.63, 3.8) is 0 Å². The Balaban J connectivity index is 1.43. The normalized spacial score (nSPS) is 24.0. The van der Waals surface area contributed by atoms with E-state index in [0.29, 0.717) is 25.2 Å². The van der Waals surface area contributed by atoms with Crippen LogP contribution in [0.3, 0.4) is 0 Å². The van der Waals surface area contributed by atoms with Gasteiger partial charge in [-0.2, -0.15) is 0 Å². The summed E-state index contributed by atoms with van der Waals surface area (Å²) in [5.41, 5.74) is 2.28. The van der Waals surface area contributed by atoms with Crippen molar-refractivity contribution in [1.82, 2.24) is 19.2 Å². The number of piperazine rings is 1. The number of aryl methyl sites for hydroxylation is 1. The van der Waals surface area contributed by atoms with Crippen LogP contribution in [0, 0.1) is 6.92 Å². The third kappa shape index (κ3) is 3.16. The van der Waals surface area contributed by atoms with Crippen molar-refractivity contribution in [3.8, 4) is 0 Å². The molecule has 2 aliphatic rings. The third-order valence-electron chi connectivity index (χ3n) is 5.24. The Morgan fingerprint density at radius 3 is 2.60 bits per heavy atom. The summed E-state index contributed by atoms with van der Waals surface area (Å²) >= 11 is 0. The van der Waals surface area contributed by atoms with Gasteiger partial charge in [0, 0.05) is 44.1 Å². The van der Waals surface area contributed by atoms with Crippen LogP contribution in [0.1, 0.15) is 22.6 Å². The lowest BCUT2D eigenvalue weighted by Gasteiger charge is -2.37. The third-order valence-corrected chi connectivity index (χ3v) is 6.99. The maximum Gasteiger partial charge on any atom is 0.274 e. The molecule has 0 saturated carbocycles. The first-order chi connectivity index (χ1) is 11.9. The number of pyridine rings is 1. The number of hydrogen-bond acceptors (Lipinski definition) is 5. The summed E-state index contributed by atoms with van der Waals surface area (Å²) in [7, 11) is -2.87. The van der Waals surface area contributed by atoms with Crippen LogP contribution in [0.25, 0.3) is 5.65 Å². The van der Waals surface area contributed by atoms with Crippen molar-refractivity contribution in [3.05, 3.63) is 35.8 Å². The lowest BCUT2D eigenvalue weighted by molar-refractivity contribution is 0.0583. The average Bonchev–Trinajstić information content (AvgIpc) is 3.18. The molecule has 2 fully saturated rings. The van der Waals surface area contributed by atoms with E-state index in [1.165, 1.54) is 0 Å². The van der Waals surface area contributed by atoms with Crippen molar-refractivity contribution in [1.29, 1.82) is 0 Å². The van der Waals surface area contributed by atoms with Crippen LogP contribution in [0.5, 0.6) is 0 Å². The molecule has 2 aliphatic heterocycles. The van der Waals surface area contributed by atoms with Gasteiger partial charge < -0.3 is 9.30 Å². The Hall–Kier alpha value is -1.93. The van der Waals surface area contributed by atoms with Gasteiger partial charge in [-0.05, 0) is 25.5 Å². The fourth-order valence-corrected chi connectivity index (χ4v) is 5.53. The standard InChI is InChI=1S/C17H22N4O3S/c1-13-3-2-4-16-18-15(11-21(13)16)17(22)20-8-6-19(7-9-20)14-5-10-25(23,24)12-14/h2-4,11,14H,5-10,12H2,1H3/t14-/m0/s1. The van der Waals surface area contributed by atoms with E-state index in [1.54, 1.807) is 6.20 Å². The molecule has 8 heteroatoms. The number of amides is 1. The fourth-order valence-electron chi connectivity index (χ4n) is 3.77. The van der Waals surface area contributed by atoms with Gasteiger partial charge in [0.2, 0.25) is 0 Å². The number of aromatic nitrogens is 2. The zero-order valence-electron chi connectivity index (χ0n) is 14.3. The minimum absolute atomic E-state index is 0.0539. The van der Waals surface area contributed by atoms with Crippen LogP contribution in [0.2, 0.25) is 0 Å². The molecule has 2 aromatic heterocycles. The number of nitrogens with zero attached hydrogens (tertiary/aromatic N) is 4. The molecular formula is C17H22N4O3S. The summed E-state index contributed by atoms with van der Waals surface area (Å²) in [5, 5.41) is 0. The van der Waals surface area contributed by atoms with Crippen LogP contribution in [-0.4, -0.2) is 77.2 Å². The second-order valence-electron chi connectivity index (χ2n) is 6.91. The Morgan fingerprint density at radius 2 is 1.96 bits per heavy atom. The van der Waals surface area contributed by atoms with Gasteiger partial charge in [0.1, 0.15) is 11.3 Å². The molecule has 0 unspecified atom stereocenters. The largest absolute Gasteiger partial charge is 0.335 e. The predicted octanol–water partition coefficient (Wildman–Crippen LogP) is 0.588. The van der Waals surface area contributed by atoms with Gasteiger partial charge in [0.25, 0.3) is 5.91 Å². The second kappa shape index (κ2) is 6.10. The first kappa shape index (κ1) is 16.5. The van der Waals surface area contributed by atoms with E-state index >= 15 is 0 Å². The molecule has 4 heterocycles. The first-order valence-electron chi connectivity index (χ1n) is 8.61. The maximum atomic E-state index is 12.7. The van der Waals surface area contributed by atoms with Crippen molar-refractivity contribution >= 4 is 21.4 Å². The molecule has 0 spiro atoms. The quantitative estimate of drug-likeness (QED) is 0.782. The van der Waals surface area contributed by atoms with Crippen molar-refractivity contribution in [2.24, 2.45) is 0 Å². The molecule has 7 nitrogen and oxygen atoms in total. The summed E-state index contributed by atoms with van der Waals surface area (Å²) in [4.78, 5) is 21.2. The van der Waals surface area contributed by atoms with Crippen molar-refractivity contribution in [2.75, 3.05) is 37.7 Å². The Morgan fingerprint density at radius 1 is 1.20 bits per heavy atom. The highest BCUT2D eigenvalue weighted by Crippen LogP contribution is 2.20. The van der Waals surface area contributed by atoms with Gasteiger partial charge in [-0.25, -0.2) is 13.4 Å². The second-order valence-corrected chi connectivity index (χ2v) is 9.14. The molecule has 25 heavy (non-hydrogen) atoms. The van der Waals surface area contributed by atoms with Crippen LogP contribution >= 0.6 is 0 Å². The van der Waals surface area contributed by atoms with E-state index < -0.39 is 9.84 Å². The summed E-state index contributed by atoms with van der Waals surface area (Å²) in [5.74, 6) is 0.492. The molecule has 134 valence electrons. The molecule has 4 rings (SSSR count). The Labute approximate surface area is 147 Å². The minimum Gasteiger partial charge on any atom is -0.335 e. The highest BCUT2D eigenvalue weighted by atomic mass is 32.2. The predicted molar refractivity (Wildman–Crippen MR) is 94.5 cm³/mol. The molecule has 0 aliphatic carbocycles. The summed E-state index contributed by atoms with van der Waals surface area (Å²) in [6.07, 6.45) is 2.50. The topological polar surface area (TPSA) is 75.0 Å². The molecule has 2 saturated heterocycles. The van der Waals surface area contributed by atoms with E-state index in [4.69, 9.17) is 0 Å². The van der Waals surface area contributed by atoms with Crippen LogP contribution < -0.4 is 0 Å². The van der Waals surface area contributed by atoms with Crippen molar-refractivity contribution in [2.45, 2.75) is 19.4 Å². The summed E-state index contributed by atoms with van der Waals surface area (Å²) in [6.45, 7) is 4.65. The first-order valence-corrected chi connectivity index (χ1v) is 10.4. The smallest absolute Gasteiger partial charge is 0.274 e. The number of imidazole rings is 1. The van der Waals surface area contributed by atoms with E-state index in [9.17, 15) is 13.2 Å². The van der Waals surface area contributed by atoms with Gasteiger partial charge in [-0.3, -0.25) is 9.69 Å². The average molecular weight is 362 g/mol. The van der Waals surface area contributed by atoms with E-state index in [0.717, 1.165) is 24.4 Å². The Kier molecular flexibility index (Phi) is 4.04. The van der Waals surface area contributed by atoms with Gasteiger partial charge >= 0.3 is 0 Å². The molecule has 0 bridgehead atoms. The Bertz CT molecular complexity index is 913. The van der Waals surface area contributed by atoms with Gasteiger partial charge in [0.15, 0.2) is 9.84 Å². The molecule has 0 aromatic carbocycles. The lowest BCUT2D eigenvalue weighted by Crippen LogP contribution is -2.52. The van der Waals surface area contributed by atoms with Crippen LogP contribution in [0.4, 0.5) is 0 Å². The van der Waals surface area contributed by atoms with Crippen LogP contribution in [0.15, 0.2) is 24.4 Å². The highest BCUT2D eigenvalue weighted by Gasteiger charge is 2.34. The van der Waals surface area contributed by atoms with Crippen LogP contribution in [-0.2, 0) is 9.84 Å². The van der Waals surface area contributed by atoms with Crippen molar-refractivity contribution < 1.29 is 13.2 Å². The molecule has 0 radical (unpaired) electrons. The summed E-state index contributed by atoms with van der Waals surface area (Å²) < 4.78 is 25.2. The molecule has 1 atom stereocenters. The SMILES string of the molecule is Cc1cccc2nc(C(=O)N3CCN([C@H]4CCS(=O)(=O)C4)CC3)cn12. The number of rotatable bonds is 2. The van der Waals surface area contributed by atoms with E-state index in [-0.39, 0.29) is 23.5 Å². The number of carbonyl (C=O) groups is 1. The zero-order valence-corrected chi connectivity index (χ0v) is 15.1. The number of fused-ring (bicyclic) bond motifs is 1. The molecular weight excluding hydrogens is 340 g/mol. The monoisotopic (exact) mass is 362 g/mol. The maximum absolute atomic E-state index is 12.7. The minimum atomic E-state index is -2.87. The molecule has 0 N–H and O–H groups in total. The number of hydrogen-bond donors (Lipinski definition) is 0. The zero-order chi connectivity index (χ0) is 17.6. The number of carbonyl (C=O) groups excluding carboxylic acids is 1. The van der Waals surface area contributed by atoms with Gasteiger partial charge in [-0.15, -0.1) is 0 Å². The number of sulfone groups is 1. The lowest BCUT2D eigenvalue weighted by atomic mass is 10.2. The highest BCUT2D eigenvalue weighted by molar-refractivity contribution is 7.91. The van der Waals surface area contributed by atoms with Gasteiger partial charge in [0.05, 0.1) is 11.5 Å². The summed E-state index contributed by atoms with van der Waals surface area (Å²) in [6, 6.07) is 5.92. The van der Waals surface area contributed by atoms with E-state index in [2.05, 4.69) is 9.88 Å².